The van der Waals surface area contributed by atoms with Crippen LogP contribution in [0, 0.1) is 10.1 Å². The average molecular weight is 294 g/mol. The van der Waals surface area contributed by atoms with Crippen LogP contribution in [0.3, 0.4) is 0 Å². The Balaban J connectivity index is 3.04. The van der Waals surface area contributed by atoms with E-state index in [1.165, 1.54) is 23.1 Å². The van der Waals surface area contributed by atoms with Crippen molar-refractivity contribution in [1.82, 2.24) is 9.80 Å². The van der Waals surface area contributed by atoms with Crippen LogP contribution < -0.4 is 5.32 Å². The molecule has 7 heteroatoms. The molecule has 0 radical (unpaired) electrons. The maximum Gasteiger partial charge on any atom is 0.292 e. The zero-order chi connectivity index (χ0) is 16.2. The van der Waals surface area contributed by atoms with Crippen LogP contribution in [-0.4, -0.2) is 61.4 Å². The van der Waals surface area contributed by atoms with E-state index in [4.69, 9.17) is 0 Å². The van der Waals surface area contributed by atoms with Crippen molar-refractivity contribution in [2.75, 3.05) is 40.1 Å². The van der Waals surface area contributed by atoms with E-state index in [2.05, 4.69) is 5.32 Å². The molecule has 0 bridgehead atoms. The number of benzene rings is 1. The van der Waals surface area contributed by atoms with E-state index in [9.17, 15) is 14.9 Å². The summed E-state index contributed by atoms with van der Waals surface area (Å²) in [6, 6.07) is 4.57. The van der Waals surface area contributed by atoms with Crippen LogP contribution in [0.1, 0.15) is 17.3 Å². The average Bonchev–Trinajstić information content (AvgIpc) is 2.42. The van der Waals surface area contributed by atoms with Gasteiger partial charge in [0.15, 0.2) is 0 Å². The molecule has 0 aromatic heterocycles. The lowest BCUT2D eigenvalue weighted by atomic mass is 10.1. The quantitative estimate of drug-likeness (QED) is 0.637. The van der Waals surface area contributed by atoms with Crippen molar-refractivity contribution < 1.29 is 9.72 Å². The zero-order valence-electron chi connectivity index (χ0n) is 13.1. The van der Waals surface area contributed by atoms with Crippen LogP contribution in [0.2, 0.25) is 0 Å². The fraction of sp³-hybridized carbons (Fsp3) is 0.500. The van der Waals surface area contributed by atoms with Gasteiger partial charge < -0.3 is 15.1 Å². The van der Waals surface area contributed by atoms with Crippen molar-refractivity contribution in [2.45, 2.75) is 13.0 Å². The fourth-order valence-corrected chi connectivity index (χ4v) is 1.67. The van der Waals surface area contributed by atoms with Gasteiger partial charge in [0, 0.05) is 38.3 Å². The first-order valence-electron chi connectivity index (χ1n) is 6.64. The standard InChI is InChI=1S/C14H22N4O3/c1-10(16(2)3)9-15-12-8-11(14(19)17(4)5)6-7-13(12)18(20)21/h6-8,10,15H,9H2,1-5H3. The van der Waals surface area contributed by atoms with Crippen LogP contribution in [0.15, 0.2) is 18.2 Å². The Bertz CT molecular complexity index is 529. The summed E-state index contributed by atoms with van der Waals surface area (Å²) in [5, 5.41) is 14.1. The van der Waals surface area contributed by atoms with Crippen molar-refractivity contribution in [3.05, 3.63) is 33.9 Å². The summed E-state index contributed by atoms with van der Waals surface area (Å²) in [5.41, 5.74) is 0.753. The van der Waals surface area contributed by atoms with Crippen molar-refractivity contribution in [2.24, 2.45) is 0 Å². The van der Waals surface area contributed by atoms with Gasteiger partial charge in [0.2, 0.25) is 0 Å². The summed E-state index contributed by atoms with van der Waals surface area (Å²) in [4.78, 5) is 26.0. The molecule has 0 fully saturated rings. The highest BCUT2D eigenvalue weighted by molar-refractivity contribution is 5.95. The Morgan fingerprint density at radius 1 is 1.33 bits per heavy atom. The van der Waals surface area contributed by atoms with Gasteiger partial charge in [0.1, 0.15) is 5.69 Å². The number of nitro benzene ring substituents is 1. The predicted octanol–water partition coefficient (Wildman–Crippen LogP) is 1.66. The van der Waals surface area contributed by atoms with Gasteiger partial charge in [-0.3, -0.25) is 14.9 Å². The number of nitro groups is 1. The molecule has 0 saturated carbocycles. The summed E-state index contributed by atoms with van der Waals surface area (Å²) >= 11 is 0. The Morgan fingerprint density at radius 3 is 2.43 bits per heavy atom. The monoisotopic (exact) mass is 294 g/mol. The minimum atomic E-state index is -0.452. The second-order valence-electron chi connectivity index (χ2n) is 5.38. The maximum absolute atomic E-state index is 11.9. The molecule has 0 aliphatic rings. The molecule has 1 amide bonds. The molecule has 0 aliphatic carbocycles. The van der Waals surface area contributed by atoms with E-state index in [0.29, 0.717) is 17.8 Å². The molecule has 1 aromatic rings. The highest BCUT2D eigenvalue weighted by atomic mass is 16.6. The van der Waals surface area contributed by atoms with E-state index >= 15 is 0 Å². The van der Waals surface area contributed by atoms with Gasteiger partial charge in [0.25, 0.3) is 11.6 Å². The summed E-state index contributed by atoms with van der Waals surface area (Å²) in [7, 11) is 7.16. The van der Waals surface area contributed by atoms with Crippen LogP contribution >= 0.6 is 0 Å². The molecule has 116 valence electrons. The van der Waals surface area contributed by atoms with Crippen molar-refractivity contribution in [3.63, 3.8) is 0 Å². The summed E-state index contributed by atoms with van der Waals surface area (Å²) in [6.07, 6.45) is 0. The molecule has 1 N–H and O–H groups in total. The first-order valence-corrected chi connectivity index (χ1v) is 6.64. The van der Waals surface area contributed by atoms with Gasteiger partial charge in [-0.15, -0.1) is 0 Å². The third-order valence-corrected chi connectivity index (χ3v) is 3.32. The van der Waals surface area contributed by atoms with E-state index in [-0.39, 0.29) is 17.6 Å². The van der Waals surface area contributed by atoms with Gasteiger partial charge in [0.05, 0.1) is 4.92 Å². The molecule has 0 aliphatic heterocycles. The summed E-state index contributed by atoms with van der Waals surface area (Å²) < 4.78 is 0. The molecule has 1 aromatic carbocycles. The number of anilines is 1. The van der Waals surface area contributed by atoms with Crippen LogP contribution in [0.4, 0.5) is 11.4 Å². The minimum Gasteiger partial charge on any atom is -0.378 e. The van der Waals surface area contributed by atoms with E-state index < -0.39 is 4.92 Å². The third-order valence-electron chi connectivity index (χ3n) is 3.32. The van der Waals surface area contributed by atoms with E-state index in [1.54, 1.807) is 14.1 Å². The second-order valence-corrected chi connectivity index (χ2v) is 5.38. The SMILES string of the molecule is CC(CNc1cc(C(=O)N(C)C)ccc1[N+](=O)[O-])N(C)C. The molecular weight excluding hydrogens is 272 g/mol. The molecule has 21 heavy (non-hydrogen) atoms. The normalized spacial score (nSPS) is 12.1. The number of nitrogens with zero attached hydrogens (tertiary/aromatic N) is 3. The summed E-state index contributed by atoms with van der Waals surface area (Å²) in [6.45, 7) is 2.56. The van der Waals surface area contributed by atoms with Gasteiger partial charge >= 0.3 is 0 Å². The first-order chi connectivity index (χ1) is 9.73. The molecule has 1 atom stereocenters. The lowest BCUT2D eigenvalue weighted by Crippen LogP contribution is -2.31. The van der Waals surface area contributed by atoms with Crippen molar-refractivity contribution >= 4 is 17.3 Å². The smallest absolute Gasteiger partial charge is 0.292 e. The Hall–Kier alpha value is -2.15. The van der Waals surface area contributed by atoms with Gasteiger partial charge in [-0.2, -0.15) is 0 Å². The van der Waals surface area contributed by atoms with E-state index in [0.717, 1.165) is 0 Å². The number of carbonyl (C=O) groups excluding carboxylic acids is 1. The number of likely N-dealkylation sites (N-methyl/N-ethyl adjacent to an activating group) is 1. The molecule has 7 nitrogen and oxygen atoms in total. The van der Waals surface area contributed by atoms with Gasteiger partial charge in [-0.1, -0.05) is 0 Å². The summed E-state index contributed by atoms with van der Waals surface area (Å²) in [5.74, 6) is -0.186. The van der Waals surface area contributed by atoms with Crippen LogP contribution in [-0.2, 0) is 0 Å². The van der Waals surface area contributed by atoms with Crippen molar-refractivity contribution in [3.8, 4) is 0 Å². The lowest BCUT2D eigenvalue weighted by Gasteiger charge is -2.20. The van der Waals surface area contributed by atoms with Gasteiger partial charge in [-0.05, 0) is 33.2 Å². The third kappa shape index (κ3) is 4.42. The maximum atomic E-state index is 11.9. The molecule has 1 unspecified atom stereocenters. The second kappa shape index (κ2) is 7.03. The minimum absolute atomic E-state index is 0.0312. The number of amides is 1. The van der Waals surface area contributed by atoms with Crippen LogP contribution in [0.25, 0.3) is 0 Å². The van der Waals surface area contributed by atoms with E-state index in [1.807, 2.05) is 25.9 Å². The number of rotatable bonds is 6. The van der Waals surface area contributed by atoms with Crippen LogP contribution in [0.5, 0.6) is 0 Å². The Labute approximate surface area is 124 Å². The highest BCUT2D eigenvalue weighted by Gasteiger charge is 2.18. The fourth-order valence-electron chi connectivity index (χ4n) is 1.67. The Morgan fingerprint density at radius 2 is 1.95 bits per heavy atom. The molecular formula is C14H22N4O3. The number of hydrogen-bond donors (Lipinski definition) is 1. The topological polar surface area (TPSA) is 78.7 Å². The number of nitrogens with one attached hydrogen (secondary N) is 1. The van der Waals surface area contributed by atoms with Gasteiger partial charge in [-0.25, -0.2) is 0 Å². The highest BCUT2D eigenvalue weighted by Crippen LogP contribution is 2.26. The molecule has 0 spiro atoms. The zero-order valence-corrected chi connectivity index (χ0v) is 13.1. The first kappa shape index (κ1) is 16.9. The molecule has 0 saturated heterocycles. The number of carbonyl (C=O) groups is 1. The largest absolute Gasteiger partial charge is 0.378 e. The number of hydrogen-bond acceptors (Lipinski definition) is 5. The lowest BCUT2D eigenvalue weighted by molar-refractivity contribution is -0.384. The van der Waals surface area contributed by atoms with Crippen molar-refractivity contribution in [1.29, 1.82) is 0 Å². The molecule has 1 rings (SSSR count). The predicted molar refractivity (Wildman–Crippen MR) is 82.8 cm³/mol. The Kier molecular flexibility index (Phi) is 5.66. The molecule has 0 heterocycles.